The first-order valence-corrected chi connectivity index (χ1v) is 13.2. The molecule has 2 N–H and O–H groups in total. The number of halogens is 5. The first kappa shape index (κ1) is 33.1. The normalized spacial score (nSPS) is 13.6. The SMILES string of the molecule is CC.CCCCCCC(C)CC.NC1=CCN=C(c2ccc(C(F)(F)F)cc2OC(F)F)c2cnccc21. The number of rotatable bonds is 9. The second-order valence-electron chi connectivity index (χ2n) is 8.72. The Bertz CT molecular complexity index is 1040. The molecule has 0 spiro atoms. The van der Waals surface area contributed by atoms with E-state index < -0.39 is 24.1 Å². The summed E-state index contributed by atoms with van der Waals surface area (Å²) in [6.45, 7) is 7.74. The van der Waals surface area contributed by atoms with Crippen molar-refractivity contribution in [2.24, 2.45) is 16.6 Å². The van der Waals surface area contributed by atoms with Gasteiger partial charge in [0, 0.05) is 34.8 Å². The number of nitrogens with zero attached hydrogens (tertiary/aromatic N) is 2. The van der Waals surface area contributed by atoms with Gasteiger partial charge in [0.1, 0.15) is 5.75 Å². The average Bonchev–Trinajstić information content (AvgIpc) is 3.06. The summed E-state index contributed by atoms with van der Waals surface area (Å²) in [7, 11) is 0. The van der Waals surface area contributed by atoms with E-state index in [1.165, 1.54) is 50.9 Å². The molecule has 9 heteroatoms. The van der Waals surface area contributed by atoms with Gasteiger partial charge >= 0.3 is 12.8 Å². The van der Waals surface area contributed by atoms with E-state index in [0.29, 0.717) is 22.9 Å². The molecule has 0 fully saturated rings. The van der Waals surface area contributed by atoms with Gasteiger partial charge in [-0.3, -0.25) is 9.98 Å². The molecule has 3 rings (SSSR count). The smallest absolute Gasteiger partial charge is 0.416 e. The summed E-state index contributed by atoms with van der Waals surface area (Å²) in [6.07, 6.45) is 8.30. The zero-order valence-electron chi connectivity index (χ0n) is 22.9. The first-order valence-electron chi connectivity index (χ1n) is 13.2. The molecule has 0 saturated carbocycles. The molecule has 1 aromatic carbocycles. The summed E-state index contributed by atoms with van der Waals surface area (Å²) < 4.78 is 68.6. The highest BCUT2D eigenvalue weighted by Crippen LogP contribution is 2.35. The van der Waals surface area contributed by atoms with Gasteiger partial charge in [-0.15, -0.1) is 0 Å². The van der Waals surface area contributed by atoms with Crippen molar-refractivity contribution in [1.82, 2.24) is 4.98 Å². The van der Waals surface area contributed by atoms with Crippen LogP contribution in [0.5, 0.6) is 5.75 Å². The zero-order chi connectivity index (χ0) is 28.7. The molecule has 1 atom stereocenters. The fourth-order valence-corrected chi connectivity index (χ4v) is 3.71. The third-order valence-corrected chi connectivity index (χ3v) is 5.98. The number of aromatic nitrogens is 1. The van der Waals surface area contributed by atoms with Crippen LogP contribution in [0.25, 0.3) is 5.70 Å². The number of ether oxygens (including phenoxy) is 1. The highest BCUT2D eigenvalue weighted by molar-refractivity contribution is 6.17. The molecule has 0 radical (unpaired) electrons. The first-order chi connectivity index (χ1) is 18.1. The van der Waals surface area contributed by atoms with Crippen LogP contribution in [0.3, 0.4) is 0 Å². The van der Waals surface area contributed by atoms with E-state index in [1.54, 1.807) is 12.1 Å². The molecule has 2 aromatic rings. The fraction of sp³-hybridized carbons (Fsp3) is 0.517. The van der Waals surface area contributed by atoms with Crippen molar-refractivity contribution in [2.75, 3.05) is 6.54 Å². The predicted molar refractivity (Wildman–Crippen MR) is 145 cm³/mol. The van der Waals surface area contributed by atoms with Crippen LogP contribution in [0.15, 0.2) is 47.7 Å². The minimum atomic E-state index is -4.70. The molecule has 1 aromatic heterocycles. The topological polar surface area (TPSA) is 60.5 Å². The molecule has 1 unspecified atom stereocenters. The van der Waals surface area contributed by atoms with Crippen LogP contribution >= 0.6 is 0 Å². The maximum absolute atomic E-state index is 12.9. The van der Waals surface area contributed by atoms with Gasteiger partial charge in [0.05, 0.1) is 17.8 Å². The fourth-order valence-electron chi connectivity index (χ4n) is 3.71. The van der Waals surface area contributed by atoms with E-state index in [0.717, 1.165) is 18.1 Å². The molecule has 212 valence electrons. The summed E-state index contributed by atoms with van der Waals surface area (Å²) in [6, 6.07) is 3.98. The van der Waals surface area contributed by atoms with E-state index in [-0.39, 0.29) is 17.8 Å². The molecule has 0 saturated heterocycles. The maximum Gasteiger partial charge on any atom is 0.416 e. The standard InChI is InChI=1S/C17H12F5N3O.C10H22.C2H6/c18-16(19)26-14-7-9(17(20,21)22)1-2-11(14)15-12-8-24-5-3-10(12)13(23)4-6-25-15;1-4-6-7-8-9-10(3)5-2;1-2/h1-5,7-8,16H,6,23H2;10H,4-9H2,1-3H3;1-2H3. The number of unbranched alkanes of at least 4 members (excludes halogenated alkanes) is 3. The van der Waals surface area contributed by atoms with Crippen molar-refractivity contribution in [3.05, 3.63) is 65.0 Å². The van der Waals surface area contributed by atoms with Gasteiger partial charge in [-0.25, -0.2) is 0 Å². The Balaban J connectivity index is 0.000000510. The van der Waals surface area contributed by atoms with Crippen molar-refractivity contribution in [1.29, 1.82) is 0 Å². The van der Waals surface area contributed by atoms with Crippen LogP contribution in [0, 0.1) is 5.92 Å². The Morgan fingerprint density at radius 3 is 2.32 bits per heavy atom. The largest absolute Gasteiger partial charge is 0.434 e. The van der Waals surface area contributed by atoms with Crippen molar-refractivity contribution in [2.45, 2.75) is 85.9 Å². The van der Waals surface area contributed by atoms with Crippen LogP contribution in [0.4, 0.5) is 22.0 Å². The second-order valence-corrected chi connectivity index (χ2v) is 8.72. The van der Waals surface area contributed by atoms with Gasteiger partial charge in [0.15, 0.2) is 0 Å². The lowest BCUT2D eigenvalue weighted by Gasteiger charge is -2.16. The Kier molecular flexibility index (Phi) is 14.6. The summed E-state index contributed by atoms with van der Waals surface area (Å²) >= 11 is 0. The molecule has 1 aliphatic heterocycles. The Hall–Kier alpha value is -2.97. The highest BCUT2D eigenvalue weighted by Gasteiger charge is 2.32. The lowest BCUT2D eigenvalue weighted by Crippen LogP contribution is -2.14. The van der Waals surface area contributed by atoms with Gasteiger partial charge in [-0.05, 0) is 36.3 Å². The monoisotopic (exact) mass is 541 g/mol. The molecular formula is C29H40F5N3O. The van der Waals surface area contributed by atoms with Crippen molar-refractivity contribution >= 4 is 11.4 Å². The van der Waals surface area contributed by atoms with Gasteiger partial charge in [-0.2, -0.15) is 22.0 Å². The summed E-state index contributed by atoms with van der Waals surface area (Å²) in [4.78, 5) is 8.22. The molecular weight excluding hydrogens is 501 g/mol. The van der Waals surface area contributed by atoms with Gasteiger partial charge in [-0.1, -0.05) is 73.1 Å². The number of pyridine rings is 1. The van der Waals surface area contributed by atoms with Crippen LogP contribution in [-0.4, -0.2) is 23.9 Å². The van der Waals surface area contributed by atoms with E-state index in [4.69, 9.17) is 5.73 Å². The minimum absolute atomic E-state index is 0.00403. The molecule has 2 heterocycles. The number of alkyl halides is 5. The van der Waals surface area contributed by atoms with E-state index in [1.807, 2.05) is 13.8 Å². The van der Waals surface area contributed by atoms with Crippen LogP contribution in [0.2, 0.25) is 0 Å². The maximum atomic E-state index is 12.9. The van der Waals surface area contributed by atoms with Gasteiger partial charge < -0.3 is 10.5 Å². The number of hydrogen-bond donors (Lipinski definition) is 1. The number of aliphatic imine (C=N–C) groups is 1. The summed E-state index contributed by atoms with van der Waals surface area (Å²) in [5.41, 5.74) is 6.39. The summed E-state index contributed by atoms with van der Waals surface area (Å²) in [5.74, 6) is 0.334. The molecule has 0 amide bonds. The number of nitrogens with two attached hydrogens (primary N) is 1. The zero-order valence-corrected chi connectivity index (χ0v) is 22.9. The molecule has 0 bridgehead atoms. The van der Waals surface area contributed by atoms with Crippen molar-refractivity contribution < 1.29 is 26.7 Å². The molecule has 1 aliphatic rings. The van der Waals surface area contributed by atoms with Crippen LogP contribution < -0.4 is 10.5 Å². The quantitative estimate of drug-likeness (QED) is 0.255. The highest BCUT2D eigenvalue weighted by atomic mass is 19.4. The van der Waals surface area contributed by atoms with Crippen molar-refractivity contribution in [3.8, 4) is 5.75 Å². The lowest BCUT2D eigenvalue weighted by atomic mass is 9.96. The third-order valence-electron chi connectivity index (χ3n) is 5.98. The molecule has 0 aliphatic carbocycles. The lowest BCUT2D eigenvalue weighted by molar-refractivity contribution is -0.138. The third kappa shape index (κ3) is 10.4. The Morgan fingerprint density at radius 2 is 1.71 bits per heavy atom. The molecule has 4 nitrogen and oxygen atoms in total. The summed E-state index contributed by atoms with van der Waals surface area (Å²) in [5, 5.41) is 0. The minimum Gasteiger partial charge on any atom is -0.434 e. The van der Waals surface area contributed by atoms with E-state index in [2.05, 4.69) is 35.5 Å². The average molecular weight is 542 g/mol. The number of hydrogen-bond acceptors (Lipinski definition) is 4. The Labute approximate surface area is 223 Å². The van der Waals surface area contributed by atoms with Crippen molar-refractivity contribution in [3.63, 3.8) is 0 Å². The second kappa shape index (κ2) is 16.8. The Morgan fingerprint density at radius 1 is 1.00 bits per heavy atom. The predicted octanol–water partition coefficient (Wildman–Crippen LogP) is 8.88. The molecule has 38 heavy (non-hydrogen) atoms. The number of benzene rings is 1. The van der Waals surface area contributed by atoms with Gasteiger partial charge in [0.25, 0.3) is 0 Å². The van der Waals surface area contributed by atoms with Crippen LogP contribution in [0.1, 0.15) is 95.4 Å². The number of fused-ring (bicyclic) bond motifs is 1. The van der Waals surface area contributed by atoms with Gasteiger partial charge in [0.2, 0.25) is 0 Å². The van der Waals surface area contributed by atoms with E-state index >= 15 is 0 Å². The van der Waals surface area contributed by atoms with E-state index in [9.17, 15) is 22.0 Å². The van der Waals surface area contributed by atoms with Crippen LogP contribution in [-0.2, 0) is 6.18 Å².